The van der Waals surface area contributed by atoms with E-state index in [4.69, 9.17) is 4.74 Å². The zero-order valence-electron chi connectivity index (χ0n) is 15.2. The Kier molecular flexibility index (Phi) is 6.83. The summed E-state index contributed by atoms with van der Waals surface area (Å²) in [4.78, 5) is 9.17. The number of ether oxygens (including phenoxy) is 1. The molecule has 0 bridgehead atoms. The van der Waals surface area contributed by atoms with Crippen LogP contribution in [0.5, 0.6) is 5.75 Å². The molecule has 1 aliphatic heterocycles. The molecule has 0 N–H and O–H groups in total. The number of hydrogen-bond acceptors (Lipinski definition) is 4. The van der Waals surface area contributed by atoms with Crippen molar-refractivity contribution in [3.63, 3.8) is 0 Å². The SMILES string of the molecule is CN(Cc1cccc(OCCN2CCCCC2)c1)Cc1ccccn1. The van der Waals surface area contributed by atoms with Gasteiger partial charge in [-0.1, -0.05) is 24.6 Å². The normalized spacial score (nSPS) is 15.4. The molecule has 4 heteroatoms. The first-order chi connectivity index (χ1) is 12.3. The first-order valence-corrected chi connectivity index (χ1v) is 9.32. The Morgan fingerprint density at radius 3 is 2.72 bits per heavy atom. The van der Waals surface area contributed by atoms with Crippen LogP contribution in [0.3, 0.4) is 0 Å². The lowest BCUT2D eigenvalue weighted by Crippen LogP contribution is -2.33. The van der Waals surface area contributed by atoms with Crippen LogP contribution in [-0.2, 0) is 13.1 Å². The van der Waals surface area contributed by atoms with Crippen molar-refractivity contribution in [1.82, 2.24) is 14.8 Å². The second-order valence-electron chi connectivity index (χ2n) is 6.89. The van der Waals surface area contributed by atoms with E-state index < -0.39 is 0 Å². The highest BCUT2D eigenvalue weighted by molar-refractivity contribution is 5.28. The first-order valence-electron chi connectivity index (χ1n) is 9.32. The Balaban J connectivity index is 1.45. The number of likely N-dealkylation sites (tertiary alicyclic amines) is 1. The first kappa shape index (κ1) is 17.9. The van der Waals surface area contributed by atoms with E-state index in [1.54, 1.807) is 0 Å². The molecular formula is C21H29N3O. The summed E-state index contributed by atoms with van der Waals surface area (Å²) in [6, 6.07) is 14.5. The predicted octanol–water partition coefficient (Wildman–Crippen LogP) is 3.58. The van der Waals surface area contributed by atoms with Gasteiger partial charge in [0.2, 0.25) is 0 Å². The molecule has 2 heterocycles. The van der Waals surface area contributed by atoms with Crippen LogP contribution in [0.25, 0.3) is 0 Å². The van der Waals surface area contributed by atoms with Crippen molar-refractivity contribution in [2.75, 3.05) is 33.3 Å². The number of nitrogens with zero attached hydrogens (tertiary/aromatic N) is 3. The molecule has 4 nitrogen and oxygen atoms in total. The van der Waals surface area contributed by atoms with E-state index in [-0.39, 0.29) is 0 Å². The molecule has 1 saturated heterocycles. The van der Waals surface area contributed by atoms with Gasteiger partial charge in [0.25, 0.3) is 0 Å². The van der Waals surface area contributed by atoms with Crippen LogP contribution in [0.1, 0.15) is 30.5 Å². The third kappa shape index (κ3) is 6.15. The molecule has 0 spiro atoms. The van der Waals surface area contributed by atoms with Gasteiger partial charge in [-0.05, 0) is 62.8 Å². The van der Waals surface area contributed by atoms with Crippen LogP contribution in [0.2, 0.25) is 0 Å². The average Bonchev–Trinajstić information content (AvgIpc) is 2.64. The van der Waals surface area contributed by atoms with Crippen molar-refractivity contribution in [1.29, 1.82) is 0 Å². The molecule has 0 atom stereocenters. The zero-order chi connectivity index (χ0) is 17.3. The summed E-state index contributed by atoms with van der Waals surface area (Å²) in [5.74, 6) is 0.973. The topological polar surface area (TPSA) is 28.6 Å². The molecule has 0 amide bonds. The van der Waals surface area contributed by atoms with Crippen molar-refractivity contribution in [3.8, 4) is 5.75 Å². The van der Waals surface area contributed by atoms with Crippen molar-refractivity contribution in [2.24, 2.45) is 0 Å². The molecule has 0 aliphatic carbocycles. The molecule has 2 aromatic rings. The van der Waals surface area contributed by atoms with Gasteiger partial charge in [-0.15, -0.1) is 0 Å². The van der Waals surface area contributed by atoms with Crippen molar-refractivity contribution in [3.05, 3.63) is 59.9 Å². The van der Waals surface area contributed by atoms with Gasteiger partial charge in [0.05, 0.1) is 5.69 Å². The monoisotopic (exact) mass is 339 g/mol. The Hall–Kier alpha value is -1.91. The Bertz CT molecular complexity index is 626. The summed E-state index contributed by atoms with van der Waals surface area (Å²) in [5.41, 5.74) is 2.37. The Morgan fingerprint density at radius 1 is 1.04 bits per heavy atom. The Labute approximate surface area is 151 Å². The van der Waals surface area contributed by atoms with Gasteiger partial charge in [-0.2, -0.15) is 0 Å². The highest BCUT2D eigenvalue weighted by Crippen LogP contribution is 2.16. The molecule has 1 fully saturated rings. The van der Waals surface area contributed by atoms with Crippen LogP contribution in [0, 0.1) is 0 Å². The lowest BCUT2D eigenvalue weighted by Gasteiger charge is -2.26. The lowest BCUT2D eigenvalue weighted by molar-refractivity contribution is 0.183. The number of rotatable bonds is 8. The van der Waals surface area contributed by atoms with Gasteiger partial charge in [0.1, 0.15) is 12.4 Å². The van der Waals surface area contributed by atoms with Crippen molar-refractivity contribution >= 4 is 0 Å². The fourth-order valence-electron chi connectivity index (χ4n) is 3.35. The minimum absolute atomic E-state index is 0.771. The second kappa shape index (κ2) is 9.54. The van der Waals surface area contributed by atoms with Crippen LogP contribution in [0.4, 0.5) is 0 Å². The fourth-order valence-corrected chi connectivity index (χ4v) is 3.35. The van der Waals surface area contributed by atoms with E-state index >= 15 is 0 Å². The molecule has 134 valence electrons. The molecule has 1 aromatic carbocycles. The third-order valence-corrected chi connectivity index (χ3v) is 4.63. The van der Waals surface area contributed by atoms with E-state index in [1.807, 2.05) is 18.3 Å². The van der Waals surface area contributed by atoms with Crippen LogP contribution in [0.15, 0.2) is 48.7 Å². The second-order valence-corrected chi connectivity index (χ2v) is 6.89. The maximum atomic E-state index is 5.98. The summed E-state index contributed by atoms with van der Waals surface area (Å²) in [5, 5.41) is 0. The fraction of sp³-hybridized carbons (Fsp3) is 0.476. The molecule has 0 radical (unpaired) electrons. The van der Waals surface area contributed by atoms with Crippen LogP contribution >= 0.6 is 0 Å². The van der Waals surface area contributed by atoms with Gasteiger partial charge in [-0.3, -0.25) is 14.8 Å². The predicted molar refractivity (Wildman–Crippen MR) is 102 cm³/mol. The molecule has 0 unspecified atom stereocenters. The van der Waals surface area contributed by atoms with Gasteiger partial charge in [-0.25, -0.2) is 0 Å². The van der Waals surface area contributed by atoms with Gasteiger partial charge < -0.3 is 4.74 Å². The minimum Gasteiger partial charge on any atom is -0.492 e. The van der Waals surface area contributed by atoms with Crippen molar-refractivity contribution in [2.45, 2.75) is 32.4 Å². The van der Waals surface area contributed by atoms with Gasteiger partial charge >= 0.3 is 0 Å². The van der Waals surface area contributed by atoms with E-state index in [2.05, 4.69) is 52.2 Å². The summed E-state index contributed by atoms with van der Waals surface area (Å²) < 4.78 is 5.98. The molecule has 1 aliphatic rings. The summed E-state index contributed by atoms with van der Waals surface area (Å²) in [7, 11) is 2.12. The van der Waals surface area contributed by atoms with Gasteiger partial charge in [0, 0.05) is 25.8 Å². The summed E-state index contributed by atoms with van der Waals surface area (Å²) in [6.07, 6.45) is 5.89. The standard InChI is InChI=1S/C21H29N3O/c1-23(18-20-9-3-4-11-22-20)17-19-8-7-10-21(16-19)25-15-14-24-12-5-2-6-13-24/h3-4,7-11,16H,2,5-6,12-15,17-18H2,1H3. The lowest BCUT2D eigenvalue weighted by atomic mass is 10.1. The number of hydrogen-bond donors (Lipinski definition) is 0. The van der Waals surface area contributed by atoms with Crippen molar-refractivity contribution < 1.29 is 4.74 Å². The summed E-state index contributed by atoms with van der Waals surface area (Å²) in [6.45, 7) is 5.99. The number of benzene rings is 1. The quantitative estimate of drug-likeness (QED) is 0.735. The summed E-state index contributed by atoms with van der Waals surface area (Å²) >= 11 is 0. The maximum absolute atomic E-state index is 5.98. The van der Waals surface area contributed by atoms with E-state index in [0.29, 0.717) is 0 Å². The molecule has 25 heavy (non-hydrogen) atoms. The molecular weight excluding hydrogens is 310 g/mol. The number of pyridine rings is 1. The van der Waals surface area contributed by atoms with E-state index in [1.165, 1.54) is 37.9 Å². The minimum atomic E-state index is 0.771. The number of aromatic nitrogens is 1. The Morgan fingerprint density at radius 2 is 1.92 bits per heavy atom. The van der Waals surface area contributed by atoms with Crippen LogP contribution in [-0.4, -0.2) is 48.1 Å². The van der Waals surface area contributed by atoms with Gasteiger partial charge in [0.15, 0.2) is 0 Å². The number of piperidine rings is 1. The molecule has 0 saturated carbocycles. The average molecular weight is 339 g/mol. The zero-order valence-corrected chi connectivity index (χ0v) is 15.2. The largest absolute Gasteiger partial charge is 0.492 e. The highest BCUT2D eigenvalue weighted by atomic mass is 16.5. The molecule has 1 aromatic heterocycles. The van der Waals surface area contributed by atoms with E-state index in [0.717, 1.165) is 37.7 Å². The molecule has 3 rings (SSSR count). The third-order valence-electron chi connectivity index (χ3n) is 4.63. The maximum Gasteiger partial charge on any atom is 0.119 e. The van der Waals surface area contributed by atoms with E-state index in [9.17, 15) is 0 Å². The smallest absolute Gasteiger partial charge is 0.119 e. The highest BCUT2D eigenvalue weighted by Gasteiger charge is 2.09. The van der Waals surface area contributed by atoms with Crippen LogP contribution < -0.4 is 4.74 Å².